The Morgan fingerprint density at radius 2 is 1.90 bits per heavy atom. The standard InChI is InChI=1S/C25H35N5O/c1-26-25(29-21-13-16-30(17-14-21)24-12-5-6-15-27-24)28-19-20-8-7-11-23(18-20)31-22-9-3-2-4-10-22/h5-8,11-12,15,18,21-22H,2-4,9-10,13-14,16-17,19H2,1H3,(H2,26,28,29). The van der Waals surface area contributed by atoms with Crippen LogP contribution in [0.25, 0.3) is 0 Å². The molecule has 1 saturated heterocycles. The number of pyridine rings is 1. The molecule has 1 aromatic carbocycles. The lowest BCUT2D eigenvalue weighted by atomic mass is 9.98. The summed E-state index contributed by atoms with van der Waals surface area (Å²) in [6.45, 7) is 2.74. The third-order valence-electron chi connectivity index (χ3n) is 6.25. The van der Waals surface area contributed by atoms with Gasteiger partial charge in [-0.05, 0) is 68.4 Å². The zero-order chi connectivity index (χ0) is 21.3. The van der Waals surface area contributed by atoms with E-state index in [9.17, 15) is 0 Å². The van der Waals surface area contributed by atoms with E-state index in [2.05, 4.69) is 55.8 Å². The van der Waals surface area contributed by atoms with Crippen molar-refractivity contribution in [1.82, 2.24) is 15.6 Å². The van der Waals surface area contributed by atoms with Gasteiger partial charge in [-0.2, -0.15) is 0 Å². The maximum Gasteiger partial charge on any atom is 0.191 e. The summed E-state index contributed by atoms with van der Waals surface area (Å²) in [5, 5.41) is 7.05. The Labute approximate surface area is 186 Å². The van der Waals surface area contributed by atoms with Gasteiger partial charge in [0.05, 0.1) is 6.10 Å². The first kappa shape index (κ1) is 21.5. The highest BCUT2D eigenvalue weighted by molar-refractivity contribution is 5.80. The quantitative estimate of drug-likeness (QED) is 0.543. The number of anilines is 1. The number of piperidine rings is 1. The van der Waals surface area contributed by atoms with Gasteiger partial charge >= 0.3 is 0 Å². The molecule has 1 aliphatic carbocycles. The third kappa shape index (κ3) is 6.36. The number of rotatable bonds is 6. The Balaban J connectivity index is 1.23. The molecule has 1 saturated carbocycles. The van der Waals surface area contributed by atoms with Crippen LogP contribution in [0, 0.1) is 0 Å². The van der Waals surface area contributed by atoms with Crippen molar-refractivity contribution in [3.05, 3.63) is 54.2 Å². The molecule has 2 aliphatic rings. The van der Waals surface area contributed by atoms with E-state index in [4.69, 9.17) is 4.74 Å². The Kier molecular flexibility index (Phi) is 7.64. The first-order chi connectivity index (χ1) is 15.3. The molecule has 0 bridgehead atoms. The Morgan fingerprint density at radius 3 is 2.65 bits per heavy atom. The highest BCUT2D eigenvalue weighted by Crippen LogP contribution is 2.24. The molecule has 1 aromatic heterocycles. The first-order valence-electron chi connectivity index (χ1n) is 11.7. The van der Waals surface area contributed by atoms with Crippen LogP contribution in [-0.2, 0) is 6.54 Å². The number of hydrogen-bond donors (Lipinski definition) is 2. The van der Waals surface area contributed by atoms with E-state index in [0.717, 1.165) is 50.0 Å². The molecule has 4 rings (SSSR count). The number of hydrogen-bond acceptors (Lipinski definition) is 4. The van der Waals surface area contributed by atoms with Gasteiger partial charge in [0.15, 0.2) is 5.96 Å². The minimum absolute atomic E-state index is 0.378. The van der Waals surface area contributed by atoms with Crippen LogP contribution in [0.1, 0.15) is 50.5 Å². The second kappa shape index (κ2) is 11.0. The second-order valence-electron chi connectivity index (χ2n) is 8.54. The Hall–Kier alpha value is -2.76. The maximum atomic E-state index is 6.21. The summed E-state index contributed by atoms with van der Waals surface area (Å²) in [5.74, 6) is 2.91. The molecule has 6 heteroatoms. The number of aliphatic imine (C=N–C) groups is 1. The number of benzene rings is 1. The lowest BCUT2D eigenvalue weighted by Crippen LogP contribution is -2.48. The van der Waals surface area contributed by atoms with Crippen LogP contribution in [0.5, 0.6) is 5.75 Å². The van der Waals surface area contributed by atoms with E-state index in [-0.39, 0.29) is 0 Å². The number of guanidine groups is 1. The van der Waals surface area contributed by atoms with Crippen molar-refractivity contribution < 1.29 is 4.74 Å². The van der Waals surface area contributed by atoms with Crippen LogP contribution >= 0.6 is 0 Å². The topological polar surface area (TPSA) is 61.8 Å². The van der Waals surface area contributed by atoms with Crippen LogP contribution in [-0.4, -0.2) is 43.2 Å². The average molecular weight is 422 g/mol. The van der Waals surface area contributed by atoms with Crippen molar-refractivity contribution in [3.8, 4) is 5.75 Å². The zero-order valence-corrected chi connectivity index (χ0v) is 18.6. The molecule has 0 amide bonds. The average Bonchev–Trinajstić information content (AvgIpc) is 2.83. The summed E-state index contributed by atoms with van der Waals surface area (Å²) in [4.78, 5) is 11.3. The lowest BCUT2D eigenvalue weighted by molar-refractivity contribution is 0.155. The van der Waals surface area contributed by atoms with Crippen molar-refractivity contribution in [2.75, 3.05) is 25.0 Å². The van der Waals surface area contributed by atoms with Gasteiger partial charge in [0.1, 0.15) is 11.6 Å². The predicted octanol–water partition coefficient (Wildman–Crippen LogP) is 4.13. The molecule has 0 spiro atoms. The summed E-state index contributed by atoms with van der Waals surface area (Å²) >= 11 is 0. The van der Waals surface area contributed by atoms with Gasteiger partial charge in [0.2, 0.25) is 0 Å². The van der Waals surface area contributed by atoms with E-state index in [1.807, 2.05) is 25.4 Å². The molecule has 166 valence electrons. The van der Waals surface area contributed by atoms with Crippen molar-refractivity contribution in [2.45, 2.75) is 63.6 Å². The van der Waals surface area contributed by atoms with Gasteiger partial charge in [0.25, 0.3) is 0 Å². The normalized spacial score (nSPS) is 18.6. The highest BCUT2D eigenvalue weighted by Gasteiger charge is 2.21. The molecular formula is C25H35N5O. The number of nitrogens with one attached hydrogen (secondary N) is 2. The molecular weight excluding hydrogens is 386 g/mol. The Morgan fingerprint density at radius 1 is 1.06 bits per heavy atom. The van der Waals surface area contributed by atoms with Gasteiger partial charge < -0.3 is 20.3 Å². The van der Waals surface area contributed by atoms with E-state index >= 15 is 0 Å². The minimum Gasteiger partial charge on any atom is -0.490 e. The largest absolute Gasteiger partial charge is 0.490 e. The van der Waals surface area contributed by atoms with E-state index in [1.165, 1.54) is 37.7 Å². The van der Waals surface area contributed by atoms with Gasteiger partial charge in [-0.3, -0.25) is 4.99 Å². The first-order valence-corrected chi connectivity index (χ1v) is 11.7. The summed E-state index contributed by atoms with van der Waals surface area (Å²) in [6.07, 6.45) is 10.7. The van der Waals surface area contributed by atoms with Crippen LogP contribution in [0.2, 0.25) is 0 Å². The second-order valence-corrected chi connectivity index (χ2v) is 8.54. The molecule has 2 aromatic rings. The van der Waals surface area contributed by atoms with Gasteiger partial charge in [-0.15, -0.1) is 0 Å². The summed E-state index contributed by atoms with van der Waals surface area (Å²) in [5.41, 5.74) is 1.21. The molecule has 2 heterocycles. The molecule has 0 radical (unpaired) electrons. The van der Waals surface area contributed by atoms with Gasteiger partial charge in [0, 0.05) is 38.9 Å². The van der Waals surface area contributed by atoms with Gasteiger partial charge in [-0.1, -0.05) is 24.6 Å². The van der Waals surface area contributed by atoms with E-state index in [1.54, 1.807) is 0 Å². The van der Waals surface area contributed by atoms with Crippen molar-refractivity contribution in [1.29, 1.82) is 0 Å². The molecule has 0 atom stereocenters. The van der Waals surface area contributed by atoms with Crippen molar-refractivity contribution in [3.63, 3.8) is 0 Å². The summed E-state index contributed by atoms with van der Waals surface area (Å²) in [6, 6.07) is 15.0. The van der Waals surface area contributed by atoms with Crippen LogP contribution in [0.3, 0.4) is 0 Å². The third-order valence-corrected chi connectivity index (χ3v) is 6.25. The maximum absolute atomic E-state index is 6.21. The number of aromatic nitrogens is 1. The predicted molar refractivity (Wildman–Crippen MR) is 127 cm³/mol. The van der Waals surface area contributed by atoms with Crippen LogP contribution in [0.15, 0.2) is 53.7 Å². The van der Waals surface area contributed by atoms with Crippen molar-refractivity contribution in [2.24, 2.45) is 4.99 Å². The highest BCUT2D eigenvalue weighted by atomic mass is 16.5. The minimum atomic E-state index is 0.378. The SMILES string of the molecule is CN=C(NCc1cccc(OC2CCCCC2)c1)NC1CCN(c2ccccn2)CC1. The zero-order valence-electron chi connectivity index (χ0n) is 18.6. The molecule has 1 aliphatic heterocycles. The van der Waals surface area contributed by atoms with Crippen molar-refractivity contribution >= 4 is 11.8 Å². The Bertz CT molecular complexity index is 827. The molecule has 2 N–H and O–H groups in total. The number of nitrogens with zero attached hydrogens (tertiary/aromatic N) is 3. The summed E-state index contributed by atoms with van der Waals surface area (Å²) in [7, 11) is 1.83. The van der Waals surface area contributed by atoms with Crippen LogP contribution in [0.4, 0.5) is 5.82 Å². The van der Waals surface area contributed by atoms with Crippen LogP contribution < -0.4 is 20.3 Å². The molecule has 0 unspecified atom stereocenters. The van der Waals surface area contributed by atoms with E-state index in [0.29, 0.717) is 12.1 Å². The fraction of sp³-hybridized carbons (Fsp3) is 0.520. The summed E-state index contributed by atoms with van der Waals surface area (Å²) < 4.78 is 6.21. The fourth-order valence-electron chi connectivity index (χ4n) is 4.47. The molecule has 31 heavy (non-hydrogen) atoms. The molecule has 2 fully saturated rings. The number of ether oxygens (including phenoxy) is 1. The fourth-order valence-corrected chi connectivity index (χ4v) is 4.47. The lowest BCUT2D eigenvalue weighted by Gasteiger charge is -2.33. The monoisotopic (exact) mass is 421 g/mol. The van der Waals surface area contributed by atoms with Gasteiger partial charge in [-0.25, -0.2) is 4.98 Å². The van der Waals surface area contributed by atoms with E-state index < -0.39 is 0 Å². The smallest absolute Gasteiger partial charge is 0.191 e. The molecule has 6 nitrogen and oxygen atoms in total.